The molecule has 0 bridgehead atoms. The number of hydrogen-bond acceptors (Lipinski definition) is 5. The molecule has 0 N–H and O–H groups in total. The fraction of sp³-hybridized carbons (Fsp3) is 0.467. The summed E-state index contributed by atoms with van der Waals surface area (Å²) in [4.78, 5) is 24.2. The molecule has 1 aliphatic rings. The van der Waals surface area contributed by atoms with Crippen molar-refractivity contribution in [1.29, 1.82) is 0 Å². The van der Waals surface area contributed by atoms with Gasteiger partial charge in [0.25, 0.3) is 0 Å². The van der Waals surface area contributed by atoms with Crippen LogP contribution in [0.4, 0.5) is 0 Å². The minimum atomic E-state index is -1.21. The number of hydrogen-bond donors (Lipinski definition) is 0. The maximum absolute atomic E-state index is 12.1. The lowest BCUT2D eigenvalue weighted by molar-refractivity contribution is -0.178. The van der Waals surface area contributed by atoms with Crippen LogP contribution < -0.4 is 4.74 Å². The third-order valence-corrected chi connectivity index (χ3v) is 4.04. The van der Waals surface area contributed by atoms with Gasteiger partial charge in [0, 0.05) is 5.92 Å². The largest absolute Gasteiger partial charge is 0.497 e. The molecular weight excluding hydrogens is 260 g/mol. The van der Waals surface area contributed by atoms with E-state index >= 15 is 0 Å². The van der Waals surface area contributed by atoms with Gasteiger partial charge in [0.05, 0.1) is 21.3 Å². The predicted molar refractivity (Wildman–Crippen MR) is 71.4 cm³/mol. The smallest absolute Gasteiger partial charge is 0.323 e. The monoisotopic (exact) mass is 278 g/mol. The molecule has 1 aromatic rings. The van der Waals surface area contributed by atoms with E-state index in [-0.39, 0.29) is 5.92 Å². The highest BCUT2D eigenvalue weighted by Crippen LogP contribution is 2.54. The molecule has 0 spiro atoms. The minimum Gasteiger partial charge on any atom is -0.497 e. The highest BCUT2D eigenvalue weighted by atomic mass is 16.5. The van der Waals surface area contributed by atoms with Crippen LogP contribution >= 0.6 is 0 Å². The number of benzene rings is 1. The Hall–Kier alpha value is -2.04. The zero-order chi connectivity index (χ0) is 14.8. The molecule has 1 saturated carbocycles. The van der Waals surface area contributed by atoms with E-state index in [1.54, 1.807) is 7.11 Å². The van der Waals surface area contributed by atoms with Crippen molar-refractivity contribution >= 4 is 11.9 Å². The normalized spacial score (nSPS) is 19.6. The molecule has 5 heteroatoms. The van der Waals surface area contributed by atoms with E-state index < -0.39 is 17.4 Å². The second-order valence-electron chi connectivity index (χ2n) is 4.82. The molecule has 0 unspecified atom stereocenters. The number of methoxy groups -OCH3 is 3. The molecule has 1 aliphatic carbocycles. The Kier molecular flexibility index (Phi) is 3.97. The van der Waals surface area contributed by atoms with Gasteiger partial charge in [0.1, 0.15) is 5.75 Å². The van der Waals surface area contributed by atoms with Crippen LogP contribution in [-0.4, -0.2) is 33.3 Å². The summed E-state index contributed by atoms with van der Waals surface area (Å²) >= 11 is 0. The SMILES string of the molecule is COC(=O)C1(C(=O)OC)CC[C@@H]1c1ccc(OC)cc1. The van der Waals surface area contributed by atoms with Crippen molar-refractivity contribution in [2.24, 2.45) is 5.41 Å². The summed E-state index contributed by atoms with van der Waals surface area (Å²) < 4.78 is 14.7. The first kappa shape index (κ1) is 14.4. The molecule has 0 radical (unpaired) electrons. The second-order valence-corrected chi connectivity index (χ2v) is 4.82. The van der Waals surface area contributed by atoms with Crippen LogP contribution in [-0.2, 0) is 19.1 Å². The van der Waals surface area contributed by atoms with Gasteiger partial charge in [-0.2, -0.15) is 0 Å². The van der Waals surface area contributed by atoms with Crippen LogP contribution in [0.25, 0.3) is 0 Å². The van der Waals surface area contributed by atoms with Gasteiger partial charge >= 0.3 is 11.9 Å². The molecule has 108 valence electrons. The van der Waals surface area contributed by atoms with Crippen molar-refractivity contribution in [2.75, 3.05) is 21.3 Å². The Morgan fingerprint density at radius 2 is 1.60 bits per heavy atom. The average Bonchev–Trinajstić information content (AvgIpc) is 2.46. The third-order valence-electron chi connectivity index (χ3n) is 4.04. The lowest BCUT2D eigenvalue weighted by Crippen LogP contribution is -2.52. The molecule has 20 heavy (non-hydrogen) atoms. The van der Waals surface area contributed by atoms with Crippen LogP contribution in [0, 0.1) is 5.41 Å². The van der Waals surface area contributed by atoms with Crippen molar-refractivity contribution in [3.8, 4) is 5.75 Å². The fourth-order valence-electron chi connectivity index (χ4n) is 2.80. The van der Waals surface area contributed by atoms with Gasteiger partial charge < -0.3 is 14.2 Å². The Bertz CT molecular complexity index is 490. The van der Waals surface area contributed by atoms with E-state index in [9.17, 15) is 9.59 Å². The predicted octanol–water partition coefficient (Wildman–Crippen LogP) is 1.90. The first-order valence-electron chi connectivity index (χ1n) is 6.41. The highest BCUT2D eigenvalue weighted by molar-refractivity contribution is 6.02. The standard InChI is InChI=1S/C15H18O5/c1-18-11-6-4-10(5-7-11)12-8-9-15(12,13(16)19-2)14(17)20-3/h4-7,12H,8-9H2,1-3H3/t12-/m1/s1. The van der Waals surface area contributed by atoms with E-state index in [1.165, 1.54) is 14.2 Å². The van der Waals surface area contributed by atoms with Crippen LogP contribution in [0.3, 0.4) is 0 Å². The summed E-state index contributed by atoms with van der Waals surface area (Å²) in [6, 6.07) is 7.35. The molecule has 2 rings (SSSR count). The summed E-state index contributed by atoms with van der Waals surface area (Å²) in [5.74, 6) is -0.545. The van der Waals surface area contributed by atoms with E-state index in [2.05, 4.69) is 0 Å². The lowest BCUT2D eigenvalue weighted by atomic mass is 9.57. The Balaban J connectivity index is 2.34. The van der Waals surface area contributed by atoms with Crippen LogP contribution in [0.5, 0.6) is 5.75 Å². The van der Waals surface area contributed by atoms with Gasteiger partial charge in [0.15, 0.2) is 5.41 Å². The van der Waals surface area contributed by atoms with Gasteiger partial charge in [-0.05, 0) is 30.5 Å². The van der Waals surface area contributed by atoms with E-state index in [4.69, 9.17) is 14.2 Å². The Labute approximate surface area is 117 Å². The summed E-state index contributed by atoms with van der Waals surface area (Å²) in [5, 5.41) is 0. The Morgan fingerprint density at radius 1 is 1.05 bits per heavy atom. The molecule has 0 heterocycles. The highest BCUT2D eigenvalue weighted by Gasteiger charge is 2.61. The topological polar surface area (TPSA) is 61.8 Å². The Morgan fingerprint density at radius 3 is 1.95 bits per heavy atom. The number of rotatable bonds is 4. The quantitative estimate of drug-likeness (QED) is 0.622. The average molecular weight is 278 g/mol. The lowest BCUT2D eigenvalue weighted by Gasteiger charge is -2.44. The van der Waals surface area contributed by atoms with E-state index in [0.29, 0.717) is 6.42 Å². The van der Waals surface area contributed by atoms with Gasteiger partial charge in [-0.25, -0.2) is 0 Å². The van der Waals surface area contributed by atoms with Crippen molar-refractivity contribution in [3.63, 3.8) is 0 Å². The fourth-order valence-corrected chi connectivity index (χ4v) is 2.80. The van der Waals surface area contributed by atoms with Gasteiger partial charge in [-0.15, -0.1) is 0 Å². The van der Waals surface area contributed by atoms with E-state index in [1.807, 2.05) is 24.3 Å². The molecule has 1 atom stereocenters. The first-order chi connectivity index (χ1) is 9.59. The molecule has 1 fully saturated rings. The van der Waals surface area contributed by atoms with Gasteiger partial charge in [0.2, 0.25) is 0 Å². The zero-order valence-electron chi connectivity index (χ0n) is 11.8. The zero-order valence-corrected chi connectivity index (χ0v) is 11.8. The molecule has 0 saturated heterocycles. The second kappa shape index (κ2) is 5.53. The molecule has 0 amide bonds. The summed E-state index contributed by atoms with van der Waals surface area (Å²) in [6.45, 7) is 0. The van der Waals surface area contributed by atoms with Crippen LogP contribution in [0.15, 0.2) is 24.3 Å². The number of esters is 2. The van der Waals surface area contributed by atoms with Crippen LogP contribution in [0.2, 0.25) is 0 Å². The van der Waals surface area contributed by atoms with Crippen molar-refractivity contribution in [3.05, 3.63) is 29.8 Å². The van der Waals surface area contributed by atoms with Crippen molar-refractivity contribution in [1.82, 2.24) is 0 Å². The summed E-state index contributed by atoms with van der Waals surface area (Å²) in [6.07, 6.45) is 1.19. The molecular formula is C15H18O5. The maximum Gasteiger partial charge on any atom is 0.323 e. The van der Waals surface area contributed by atoms with Crippen LogP contribution in [0.1, 0.15) is 24.3 Å². The molecule has 5 nitrogen and oxygen atoms in total. The van der Waals surface area contributed by atoms with Gasteiger partial charge in [-0.3, -0.25) is 9.59 Å². The number of carbonyl (C=O) groups excluding carboxylic acids is 2. The molecule has 0 aromatic heterocycles. The number of ether oxygens (including phenoxy) is 3. The van der Waals surface area contributed by atoms with Crippen molar-refractivity contribution < 1.29 is 23.8 Å². The van der Waals surface area contributed by atoms with E-state index in [0.717, 1.165) is 17.7 Å². The molecule has 0 aliphatic heterocycles. The number of carbonyl (C=O) groups is 2. The summed E-state index contributed by atoms with van der Waals surface area (Å²) in [5.41, 5.74) is -0.300. The van der Waals surface area contributed by atoms with Gasteiger partial charge in [-0.1, -0.05) is 12.1 Å². The van der Waals surface area contributed by atoms with Crippen molar-refractivity contribution in [2.45, 2.75) is 18.8 Å². The molecule has 1 aromatic carbocycles. The first-order valence-corrected chi connectivity index (χ1v) is 6.41. The third kappa shape index (κ3) is 2.03. The summed E-state index contributed by atoms with van der Waals surface area (Å²) in [7, 11) is 4.17. The maximum atomic E-state index is 12.1. The minimum absolute atomic E-state index is 0.215.